The zero-order valence-corrected chi connectivity index (χ0v) is 18.5. The van der Waals surface area contributed by atoms with Crippen molar-refractivity contribution in [3.63, 3.8) is 0 Å². The van der Waals surface area contributed by atoms with Crippen molar-refractivity contribution in [2.24, 2.45) is 0 Å². The van der Waals surface area contributed by atoms with Gasteiger partial charge in [0, 0.05) is 17.7 Å². The van der Waals surface area contributed by atoms with Crippen molar-refractivity contribution >= 4 is 6.41 Å². The Balaban J connectivity index is 1.62. The van der Waals surface area contributed by atoms with Crippen LogP contribution in [-0.4, -0.2) is 66.3 Å². The minimum Gasteiger partial charge on any atom is -0.487 e. The van der Waals surface area contributed by atoms with Gasteiger partial charge in [-0.2, -0.15) is 8.78 Å². The summed E-state index contributed by atoms with van der Waals surface area (Å²) in [7, 11) is 3.94. The highest BCUT2D eigenvalue weighted by Gasteiger charge is 2.28. The van der Waals surface area contributed by atoms with E-state index in [1.807, 2.05) is 38.1 Å². The molecule has 0 saturated carbocycles. The van der Waals surface area contributed by atoms with Gasteiger partial charge in [-0.3, -0.25) is 4.79 Å². The maximum atomic E-state index is 12.4. The zero-order valence-electron chi connectivity index (χ0n) is 18.5. The van der Waals surface area contributed by atoms with Crippen molar-refractivity contribution in [3.8, 4) is 34.4 Å². The summed E-state index contributed by atoms with van der Waals surface area (Å²) in [6.45, 7) is 0.856. The van der Waals surface area contributed by atoms with Gasteiger partial charge in [0.15, 0.2) is 0 Å². The number of halogens is 2. The van der Waals surface area contributed by atoms with Crippen LogP contribution >= 0.6 is 0 Å². The summed E-state index contributed by atoms with van der Waals surface area (Å²) < 4.78 is 41.1. The first-order valence-corrected chi connectivity index (χ1v) is 10.4. The maximum absolute atomic E-state index is 12.4. The Kier molecular flexibility index (Phi) is 6.55. The number of ether oxygens (including phenoxy) is 2. The Hall–Kier alpha value is -3.53. The van der Waals surface area contributed by atoms with Crippen LogP contribution in [0.4, 0.5) is 8.78 Å². The van der Waals surface area contributed by atoms with Gasteiger partial charge in [0.25, 0.3) is 0 Å². The Morgan fingerprint density at radius 1 is 1.15 bits per heavy atom. The Morgan fingerprint density at radius 3 is 2.48 bits per heavy atom. The largest absolute Gasteiger partial charge is 0.487 e. The van der Waals surface area contributed by atoms with Crippen LogP contribution in [0.25, 0.3) is 22.9 Å². The molecular weight excluding hydrogens is 434 g/mol. The Morgan fingerprint density at radius 2 is 1.85 bits per heavy atom. The predicted octanol–water partition coefficient (Wildman–Crippen LogP) is 3.59. The molecule has 4 rings (SSSR count). The molecule has 0 atom stereocenters. The van der Waals surface area contributed by atoms with Gasteiger partial charge in [0.1, 0.15) is 17.6 Å². The van der Waals surface area contributed by atoms with Gasteiger partial charge in [0.2, 0.25) is 18.2 Å². The van der Waals surface area contributed by atoms with E-state index in [1.165, 1.54) is 12.1 Å². The normalized spacial score (nSPS) is 14.0. The number of hydrogen-bond acceptors (Lipinski definition) is 7. The van der Waals surface area contributed by atoms with Crippen molar-refractivity contribution in [2.45, 2.75) is 26.2 Å². The summed E-state index contributed by atoms with van der Waals surface area (Å²) in [5.41, 5.74) is 3.36. The van der Waals surface area contributed by atoms with E-state index in [-0.39, 0.29) is 17.7 Å². The van der Waals surface area contributed by atoms with Crippen LogP contribution in [0.5, 0.6) is 11.5 Å². The van der Waals surface area contributed by atoms with Gasteiger partial charge >= 0.3 is 6.61 Å². The molecule has 0 spiro atoms. The van der Waals surface area contributed by atoms with E-state index in [4.69, 9.17) is 9.15 Å². The fraction of sp³-hybridized carbons (Fsp3) is 0.348. The lowest BCUT2D eigenvalue weighted by Crippen LogP contribution is -2.52. The lowest BCUT2D eigenvalue weighted by atomic mass is 10.0. The first-order valence-electron chi connectivity index (χ1n) is 10.4. The van der Waals surface area contributed by atoms with E-state index in [2.05, 4.69) is 14.9 Å². The molecule has 2 aromatic carbocycles. The molecule has 1 amide bonds. The summed E-state index contributed by atoms with van der Waals surface area (Å²) in [5, 5.41) is 8.36. The number of aryl methyl sites for hydroxylation is 1. The summed E-state index contributed by atoms with van der Waals surface area (Å²) >= 11 is 0. The van der Waals surface area contributed by atoms with Gasteiger partial charge in [-0.1, -0.05) is 0 Å². The second-order valence-electron chi connectivity index (χ2n) is 8.12. The molecule has 2 heterocycles. The fourth-order valence-electron chi connectivity index (χ4n) is 3.62. The molecule has 0 bridgehead atoms. The molecule has 0 aliphatic carbocycles. The van der Waals surface area contributed by atoms with E-state index in [0.717, 1.165) is 23.1 Å². The number of hydrogen-bond donors (Lipinski definition) is 0. The van der Waals surface area contributed by atoms with Crippen molar-refractivity contribution < 1.29 is 27.5 Å². The van der Waals surface area contributed by atoms with Crippen LogP contribution in [0.1, 0.15) is 11.1 Å². The Bertz CT molecular complexity index is 1110. The Labute approximate surface area is 189 Å². The lowest BCUT2D eigenvalue weighted by molar-refractivity contribution is -0.126. The summed E-state index contributed by atoms with van der Waals surface area (Å²) in [5.74, 6) is 1.29. The molecule has 1 aliphatic heterocycles. The number of benzene rings is 2. The van der Waals surface area contributed by atoms with E-state index in [0.29, 0.717) is 36.8 Å². The topological polar surface area (TPSA) is 80.9 Å². The first-order chi connectivity index (χ1) is 15.8. The van der Waals surface area contributed by atoms with E-state index >= 15 is 0 Å². The maximum Gasteiger partial charge on any atom is 0.387 e. The van der Waals surface area contributed by atoms with E-state index < -0.39 is 6.61 Å². The number of carbonyl (C=O) groups excluding carboxylic acids is 1. The molecule has 0 radical (unpaired) electrons. The molecule has 1 aromatic heterocycles. The number of nitrogens with zero attached hydrogens (tertiary/aromatic N) is 4. The second kappa shape index (κ2) is 9.53. The number of alkyl halides is 2. The van der Waals surface area contributed by atoms with Crippen molar-refractivity contribution in [3.05, 3.63) is 47.5 Å². The highest BCUT2D eigenvalue weighted by atomic mass is 19.3. The van der Waals surface area contributed by atoms with Crippen LogP contribution in [0, 0.1) is 6.92 Å². The third kappa shape index (κ3) is 5.28. The summed E-state index contributed by atoms with van der Waals surface area (Å²) in [6.07, 6.45) is 0.748. The minimum absolute atomic E-state index is 0.0476. The molecule has 1 fully saturated rings. The predicted molar refractivity (Wildman–Crippen MR) is 116 cm³/mol. The SMILES string of the molecule is Cc1cc(OC2CN(C=O)C2)cc(-c2nnc(-c3ccc(OC(F)F)cc3)o2)c1CN(C)C. The van der Waals surface area contributed by atoms with Crippen molar-refractivity contribution in [2.75, 3.05) is 27.2 Å². The second-order valence-corrected chi connectivity index (χ2v) is 8.12. The molecule has 33 heavy (non-hydrogen) atoms. The molecule has 1 saturated heterocycles. The molecule has 10 heteroatoms. The van der Waals surface area contributed by atoms with Gasteiger partial charge in [-0.25, -0.2) is 0 Å². The minimum atomic E-state index is -2.89. The van der Waals surface area contributed by atoms with Crippen LogP contribution in [-0.2, 0) is 11.3 Å². The van der Waals surface area contributed by atoms with Crippen LogP contribution in [0.15, 0.2) is 40.8 Å². The third-order valence-corrected chi connectivity index (χ3v) is 5.23. The highest BCUT2D eigenvalue weighted by molar-refractivity contribution is 5.65. The standard InChI is InChI=1S/C23H24F2N4O4/c1-14-8-17(31-18-10-29(11-18)13-30)9-19(20(14)12-28(2)3)22-27-26-21(33-22)15-4-6-16(7-5-15)32-23(24)25/h4-9,13,18,23H,10-12H2,1-3H3. The van der Waals surface area contributed by atoms with Crippen molar-refractivity contribution in [1.82, 2.24) is 20.0 Å². The summed E-state index contributed by atoms with van der Waals surface area (Å²) in [6, 6.07) is 9.83. The van der Waals surface area contributed by atoms with Gasteiger partial charge in [0.05, 0.1) is 13.1 Å². The summed E-state index contributed by atoms with van der Waals surface area (Å²) in [4.78, 5) is 14.5. The number of rotatable bonds is 9. The molecular formula is C23H24F2N4O4. The molecule has 0 N–H and O–H groups in total. The van der Waals surface area contributed by atoms with Crippen LogP contribution in [0.2, 0.25) is 0 Å². The fourth-order valence-corrected chi connectivity index (χ4v) is 3.62. The average molecular weight is 458 g/mol. The number of carbonyl (C=O) groups is 1. The number of aromatic nitrogens is 2. The van der Waals surface area contributed by atoms with Crippen molar-refractivity contribution in [1.29, 1.82) is 0 Å². The molecule has 0 unspecified atom stereocenters. The average Bonchev–Trinajstić information content (AvgIpc) is 3.22. The molecule has 8 nitrogen and oxygen atoms in total. The quantitative estimate of drug-likeness (QED) is 0.453. The first kappa shape index (κ1) is 22.7. The number of likely N-dealkylation sites (tertiary alicyclic amines) is 1. The van der Waals surface area contributed by atoms with Crippen LogP contribution in [0.3, 0.4) is 0 Å². The molecule has 174 valence electrons. The molecule has 1 aliphatic rings. The molecule has 3 aromatic rings. The van der Waals surface area contributed by atoms with Gasteiger partial charge in [-0.15, -0.1) is 10.2 Å². The van der Waals surface area contributed by atoms with Gasteiger partial charge < -0.3 is 23.7 Å². The van der Waals surface area contributed by atoms with Crippen LogP contribution < -0.4 is 9.47 Å². The number of amides is 1. The third-order valence-electron chi connectivity index (χ3n) is 5.23. The smallest absolute Gasteiger partial charge is 0.387 e. The zero-order chi connectivity index (χ0) is 23.5. The monoisotopic (exact) mass is 458 g/mol. The highest BCUT2D eigenvalue weighted by Crippen LogP contribution is 2.34. The van der Waals surface area contributed by atoms with Gasteiger partial charge in [-0.05, 0) is 68.5 Å². The van der Waals surface area contributed by atoms with E-state index in [1.54, 1.807) is 17.0 Å². The van der Waals surface area contributed by atoms with E-state index in [9.17, 15) is 13.6 Å². The lowest BCUT2D eigenvalue weighted by Gasteiger charge is -2.36.